The van der Waals surface area contributed by atoms with E-state index in [1.807, 2.05) is 17.6 Å². The molecule has 7 heteroatoms. The molecule has 0 radical (unpaired) electrons. The van der Waals surface area contributed by atoms with E-state index in [9.17, 15) is 8.78 Å². The molecule has 0 unspecified atom stereocenters. The molecule has 0 aliphatic heterocycles. The van der Waals surface area contributed by atoms with Crippen molar-refractivity contribution in [2.24, 2.45) is 0 Å². The molecular formula is C18H17F2N3OS. The van der Waals surface area contributed by atoms with E-state index in [2.05, 4.69) is 10.2 Å². The number of hydrogen-bond acceptors (Lipinski definition) is 4. The van der Waals surface area contributed by atoms with Crippen LogP contribution in [0, 0.1) is 11.6 Å². The van der Waals surface area contributed by atoms with Gasteiger partial charge in [-0.2, -0.15) is 0 Å². The Bertz CT molecular complexity index is 837. The topological polar surface area (TPSA) is 39.9 Å². The van der Waals surface area contributed by atoms with Crippen molar-refractivity contribution in [3.8, 4) is 5.75 Å². The molecule has 130 valence electrons. The van der Waals surface area contributed by atoms with E-state index in [1.165, 1.54) is 30.0 Å². The van der Waals surface area contributed by atoms with Crippen molar-refractivity contribution in [2.45, 2.75) is 31.0 Å². The molecule has 1 heterocycles. The van der Waals surface area contributed by atoms with Gasteiger partial charge in [0.25, 0.3) is 0 Å². The molecule has 2 aromatic carbocycles. The van der Waals surface area contributed by atoms with E-state index in [0.717, 1.165) is 0 Å². The van der Waals surface area contributed by atoms with Gasteiger partial charge in [0.05, 0.1) is 0 Å². The molecule has 0 saturated heterocycles. The smallest absolute Gasteiger partial charge is 0.191 e. The average molecular weight is 361 g/mol. The molecule has 4 nitrogen and oxygen atoms in total. The maximum absolute atomic E-state index is 13.7. The number of aromatic nitrogens is 3. The van der Waals surface area contributed by atoms with Gasteiger partial charge in [-0.1, -0.05) is 30.0 Å². The van der Waals surface area contributed by atoms with E-state index in [0.29, 0.717) is 34.6 Å². The van der Waals surface area contributed by atoms with Crippen LogP contribution in [0.2, 0.25) is 0 Å². The third kappa shape index (κ3) is 4.36. The summed E-state index contributed by atoms with van der Waals surface area (Å²) in [5.41, 5.74) is 0.627. The maximum atomic E-state index is 13.7. The van der Waals surface area contributed by atoms with Crippen molar-refractivity contribution in [1.82, 2.24) is 14.8 Å². The lowest BCUT2D eigenvalue weighted by molar-refractivity contribution is 0.288. The van der Waals surface area contributed by atoms with Crippen molar-refractivity contribution >= 4 is 11.8 Å². The Morgan fingerprint density at radius 3 is 2.52 bits per heavy atom. The maximum Gasteiger partial charge on any atom is 0.191 e. The largest absolute Gasteiger partial charge is 0.486 e. The SMILES string of the molecule is CCn1c(COc2ccc(F)cc2)nnc1SCc1ccccc1F. The first-order valence-electron chi connectivity index (χ1n) is 7.84. The molecule has 0 spiro atoms. The summed E-state index contributed by atoms with van der Waals surface area (Å²) in [6, 6.07) is 12.5. The number of halogens is 2. The zero-order chi connectivity index (χ0) is 17.6. The predicted octanol–water partition coefficient (Wildman–Crippen LogP) is 4.45. The Hall–Kier alpha value is -2.41. The van der Waals surface area contributed by atoms with Crippen LogP contribution in [-0.2, 0) is 18.9 Å². The van der Waals surface area contributed by atoms with Gasteiger partial charge in [-0.25, -0.2) is 8.78 Å². The molecule has 0 bridgehead atoms. The Labute approximate surface area is 148 Å². The minimum absolute atomic E-state index is 0.225. The highest BCUT2D eigenvalue weighted by Gasteiger charge is 2.13. The summed E-state index contributed by atoms with van der Waals surface area (Å²) in [5, 5.41) is 9.04. The van der Waals surface area contributed by atoms with Crippen LogP contribution >= 0.6 is 11.8 Å². The van der Waals surface area contributed by atoms with E-state index in [4.69, 9.17) is 4.74 Å². The number of benzene rings is 2. The third-order valence-electron chi connectivity index (χ3n) is 3.61. The zero-order valence-corrected chi connectivity index (χ0v) is 14.5. The van der Waals surface area contributed by atoms with Crippen molar-refractivity contribution < 1.29 is 13.5 Å². The van der Waals surface area contributed by atoms with Gasteiger partial charge >= 0.3 is 0 Å². The Balaban J connectivity index is 1.66. The van der Waals surface area contributed by atoms with Crippen molar-refractivity contribution in [2.75, 3.05) is 0 Å². The summed E-state index contributed by atoms with van der Waals surface area (Å²) >= 11 is 1.43. The highest BCUT2D eigenvalue weighted by atomic mass is 32.2. The monoisotopic (exact) mass is 361 g/mol. The van der Waals surface area contributed by atoms with Crippen LogP contribution in [0.5, 0.6) is 5.75 Å². The Kier molecular flexibility index (Phi) is 5.65. The third-order valence-corrected chi connectivity index (χ3v) is 4.62. The zero-order valence-electron chi connectivity index (χ0n) is 13.7. The lowest BCUT2D eigenvalue weighted by Gasteiger charge is -2.09. The summed E-state index contributed by atoms with van der Waals surface area (Å²) in [6.07, 6.45) is 0. The van der Waals surface area contributed by atoms with Gasteiger partial charge in [-0.05, 0) is 42.8 Å². The highest BCUT2D eigenvalue weighted by Crippen LogP contribution is 2.24. The van der Waals surface area contributed by atoms with Gasteiger partial charge < -0.3 is 9.30 Å². The van der Waals surface area contributed by atoms with Crippen LogP contribution in [0.4, 0.5) is 8.78 Å². The van der Waals surface area contributed by atoms with Gasteiger partial charge in [0, 0.05) is 12.3 Å². The van der Waals surface area contributed by atoms with E-state index in [-0.39, 0.29) is 18.2 Å². The fraction of sp³-hybridized carbons (Fsp3) is 0.222. The van der Waals surface area contributed by atoms with E-state index >= 15 is 0 Å². The molecule has 3 aromatic rings. The molecule has 0 N–H and O–H groups in total. The Morgan fingerprint density at radius 2 is 1.80 bits per heavy atom. The normalized spacial score (nSPS) is 10.8. The highest BCUT2D eigenvalue weighted by molar-refractivity contribution is 7.98. The molecular weight excluding hydrogens is 344 g/mol. The van der Waals surface area contributed by atoms with Gasteiger partial charge in [-0.3, -0.25) is 0 Å². The minimum atomic E-state index is -0.309. The van der Waals surface area contributed by atoms with Crippen LogP contribution in [-0.4, -0.2) is 14.8 Å². The minimum Gasteiger partial charge on any atom is -0.486 e. The van der Waals surface area contributed by atoms with E-state index < -0.39 is 0 Å². The first-order valence-corrected chi connectivity index (χ1v) is 8.82. The lowest BCUT2D eigenvalue weighted by atomic mass is 10.2. The molecule has 0 atom stereocenters. The van der Waals surface area contributed by atoms with E-state index in [1.54, 1.807) is 24.3 Å². The number of thioether (sulfide) groups is 1. The van der Waals surface area contributed by atoms with Crippen LogP contribution in [0.3, 0.4) is 0 Å². The Morgan fingerprint density at radius 1 is 1.04 bits per heavy atom. The first-order chi connectivity index (χ1) is 12.2. The van der Waals surface area contributed by atoms with Crippen LogP contribution in [0.15, 0.2) is 53.7 Å². The van der Waals surface area contributed by atoms with Crippen molar-refractivity contribution in [3.63, 3.8) is 0 Å². The van der Waals surface area contributed by atoms with Crippen LogP contribution < -0.4 is 4.74 Å². The second kappa shape index (κ2) is 8.11. The average Bonchev–Trinajstić information content (AvgIpc) is 3.02. The van der Waals surface area contributed by atoms with Gasteiger partial charge in [0.1, 0.15) is 24.0 Å². The number of rotatable bonds is 7. The lowest BCUT2D eigenvalue weighted by Crippen LogP contribution is -2.07. The van der Waals surface area contributed by atoms with Crippen LogP contribution in [0.1, 0.15) is 18.3 Å². The summed E-state index contributed by atoms with van der Waals surface area (Å²) in [6.45, 7) is 2.89. The van der Waals surface area contributed by atoms with Crippen molar-refractivity contribution in [1.29, 1.82) is 0 Å². The summed E-state index contributed by atoms with van der Waals surface area (Å²) in [5.74, 6) is 1.17. The molecule has 0 saturated carbocycles. The second-order valence-corrected chi connectivity index (χ2v) is 6.21. The van der Waals surface area contributed by atoms with Gasteiger partial charge in [0.15, 0.2) is 11.0 Å². The van der Waals surface area contributed by atoms with Crippen molar-refractivity contribution in [3.05, 3.63) is 71.6 Å². The fourth-order valence-corrected chi connectivity index (χ4v) is 3.29. The predicted molar refractivity (Wildman–Crippen MR) is 92.4 cm³/mol. The number of nitrogens with zero attached hydrogens (tertiary/aromatic N) is 3. The van der Waals surface area contributed by atoms with Gasteiger partial charge in [0.2, 0.25) is 0 Å². The number of hydrogen-bond donors (Lipinski definition) is 0. The molecule has 1 aromatic heterocycles. The second-order valence-electron chi connectivity index (χ2n) is 5.27. The summed E-state index contributed by atoms with van der Waals surface area (Å²) < 4.78 is 34.2. The molecule has 3 rings (SSSR count). The van der Waals surface area contributed by atoms with Gasteiger partial charge in [-0.15, -0.1) is 10.2 Å². The molecule has 0 fully saturated rings. The molecule has 0 aliphatic rings. The number of ether oxygens (including phenoxy) is 1. The summed E-state index contributed by atoms with van der Waals surface area (Å²) in [7, 11) is 0. The quantitative estimate of drug-likeness (QED) is 0.583. The fourth-order valence-electron chi connectivity index (χ4n) is 2.29. The first kappa shape index (κ1) is 17.4. The molecule has 0 aliphatic carbocycles. The molecule has 25 heavy (non-hydrogen) atoms. The summed E-state index contributed by atoms with van der Waals surface area (Å²) in [4.78, 5) is 0. The standard InChI is InChI=1S/C18H17F2N3OS/c1-2-23-17(11-24-15-9-7-14(19)8-10-15)21-22-18(23)25-12-13-5-3-4-6-16(13)20/h3-10H,2,11-12H2,1H3. The van der Waals surface area contributed by atoms with Crippen LogP contribution in [0.25, 0.3) is 0 Å². The molecule has 0 amide bonds.